The monoisotopic (exact) mass is 330 g/mol. The van der Waals surface area contributed by atoms with Crippen LogP contribution in [0.25, 0.3) is 21.9 Å². The third-order valence-electron chi connectivity index (χ3n) is 3.52. The second-order valence-corrected chi connectivity index (χ2v) is 5.70. The van der Waals surface area contributed by atoms with Gasteiger partial charge in [-0.25, -0.2) is 4.79 Å². The van der Waals surface area contributed by atoms with E-state index in [0.29, 0.717) is 15.6 Å². The minimum atomic E-state index is -0.367. The number of halogens is 2. The molecule has 0 heterocycles. The Bertz CT molecular complexity index is 872. The lowest BCUT2D eigenvalue weighted by atomic mass is 9.96. The van der Waals surface area contributed by atoms with Gasteiger partial charge >= 0.3 is 5.97 Å². The van der Waals surface area contributed by atoms with Gasteiger partial charge in [0.05, 0.1) is 12.7 Å². The number of carbonyl (C=O) groups is 1. The first-order chi connectivity index (χ1) is 10.6. The third kappa shape index (κ3) is 2.68. The van der Waals surface area contributed by atoms with E-state index in [-0.39, 0.29) is 5.97 Å². The Labute approximate surface area is 138 Å². The van der Waals surface area contributed by atoms with Crippen LogP contribution in [-0.4, -0.2) is 13.1 Å². The first-order valence-electron chi connectivity index (χ1n) is 6.66. The zero-order valence-corrected chi connectivity index (χ0v) is 13.3. The minimum Gasteiger partial charge on any atom is -0.465 e. The van der Waals surface area contributed by atoms with Crippen molar-refractivity contribution in [2.75, 3.05) is 7.11 Å². The molecule has 0 saturated carbocycles. The molecule has 0 atom stereocenters. The molecular formula is C18H12Cl2O2. The van der Waals surface area contributed by atoms with Crippen LogP contribution in [0.4, 0.5) is 0 Å². The highest BCUT2D eigenvalue weighted by molar-refractivity contribution is 6.35. The summed E-state index contributed by atoms with van der Waals surface area (Å²) in [6, 6.07) is 16.7. The fraction of sp³-hybridized carbons (Fsp3) is 0.0556. The van der Waals surface area contributed by atoms with Gasteiger partial charge in [0, 0.05) is 15.6 Å². The van der Waals surface area contributed by atoms with Crippen molar-refractivity contribution >= 4 is 39.9 Å². The summed E-state index contributed by atoms with van der Waals surface area (Å²) in [5.74, 6) is -0.367. The van der Waals surface area contributed by atoms with Crippen LogP contribution >= 0.6 is 23.2 Å². The molecule has 3 aromatic carbocycles. The predicted octanol–water partition coefficient (Wildman–Crippen LogP) is 5.60. The molecule has 3 rings (SSSR count). The number of hydrogen-bond donors (Lipinski definition) is 0. The van der Waals surface area contributed by atoms with Gasteiger partial charge in [0.2, 0.25) is 0 Å². The van der Waals surface area contributed by atoms with Crippen LogP contribution in [0.15, 0.2) is 54.6 Å². The zero-order chi connectivity index (χ0) is 15.7. The van der Waals surface area contributed by atoms with Crippen LogP contribution < -0.4 is 0 Å². The summed E-state index contributed by atoms with van der Waals surface area (Å²) in [6.07, 6.45) is 0. The SMILES string of the molecule is COC(=O)c1ccc2cccc(-c3cc(Cl)ccc3Cl)c2c1. The highest BCUT2D eigenvalue weighted by Gasteiger charge is 2.11. The van der Waals surface area contributed by atoms with E-state index >= 15 is 0 Å². The quantitative estimate of drug-likeness (QED) is 0.571. The summed E-state index contributed by atoms with van der Waals surface area (Å²) < 4.78 is 4.79. The average Bonchev–Trinajstić information content (AvgIpc) is 2.55. The third-order valence-corrected chi connectivity index (χ3v) is 4.09. The van der Waals surface area contributed by atoms with E-state index in [1.165, 1.54) is 7.11 Å². The second kappa shape index (κ2) is 5.99. The lowest BCUT2D eigenvalue weighted by molar-refractivity contribution is 0.0601. The number of hydrogen-bond acceptors (Lipinski definition) is 2. The van der Waals surface area contributed by atoms with Crippen molar-refractivity contribution in [1.29, 1.82) is 0 Å². The molecule has 0 fully saturated rings. The number of esters is 1. The number of methoxy groups -OCH3 is 1. The first kappa shape index (κ1) is 14.9. The maximum atomic E-state index is 11.8. The van der Waals surface area contributed by atoms with E-state index < -0.39 is 0 Å². The first-order valence-corrected chi connectivity index (χ1v) is 7.42. The van der Waals surface area contributed by atoms with E-state index in [2.05, 4.69) is 0 Å². The predicted molar refractivity (Wildman–Crippen MR) is 90.7 cm³/mol. The molecule has 0 aromatic heterocycles. The highest BCUT2D eigenvalue weighted by atomic mass is 35.5. The Kier molecular flexibility index (Phi) is 4.06. The summed E-state index contributed by atoms with van der Waals surface area (Å²) in [5.41, 5.74) is 2.26. The van der Waals surface area contributed by atoms with Crippen molar-refractivity contribution in [2.24, 2.45) is 0 Å². The number of ether oxygens (including phenoxy) is 1. The summed E-state index contributed by atoms with van der Waals surface area (Å²) in [4.78, 5) is 11.8. The molecule has 0 N–H and O–H groups in total. The molecule has 0 saturated heterocycles. The molecule has 0 aliphatic carbocycles. The molecule has 0 aliphatic heterocycles. The molecule has 0 bridgehead atoms. The maximum Gasteiger partial charge on any atom is 0.337 e. The molecule has 0 unspecified atom stereocenters. The van der Waals surface area contributed by atoms with Crippen molar-refractivity contribution in [3.05, 3.63) is 70.2 Å². The van der Waals surface area contributed by atoms with Crippen LogP contribution in [0.3, 0.4) is 0 Å². The van der Waals surface area contributed by atoms with Crippen molar-refractivity contribution in [3.8, 4) is 11.1 Å². The molecule has 0 aliphatic rings. The normalized spacial score (nSPS) is 10.7. The Morgan fingerprint density at radius 2 is 1.77 bits per heavy atom. The Hall–Kier alpha value is -2.03. The van der Waals surface area contributed by atoms with Gasteiger partial charge in [0.15, 0.2) is 0 Å². The fourth-order valence-corrected chi connectivity index (χ4v) is 2.85. The van der Waals surface area contributed by atoms with Crippen LogP contribution in [0.1, 0.15) is 10.4 Å². The lowest BCUT2D eigenvalue weighted by Gasteiger charge is -2.10. The second-order valence-electron chi connectivity index (χ2n) is 4.86. The van der Waals surface area contributed by atoms with Gasteiger partial charge in [-0.1, -0.05) is 47.5 Å². The Morgan fingerprint density at radius 3 is 2.55 bits per heavy atom. The zero-order valence-electron chi connectivity index (χ0n) is 11.8. The van der Waals surface area contributed by atoms with E-state index in [0.717, 1.165) is 21.9 Å². The number of fused-ring (bicyclic) bond motifs is 1. The van der Waals surface area contributed by atoms with Crippen LogP contribution in [0.2, 0.25) is 10.0 Å². The molecule has 2 nitrogen and oxygen atoms in total. The van der Waals surface area contributed by atoms with Crippen LogP contribution in [-0.2, 0) is 4.74 Å². The van der Waals surface area contributed by atoms with E-state index in [9.17, 15) is 4.79 Å². The van der Waals surface area contributed by atoms with Crippen LogP contribution in [0, 0.1) is 0 Å². The number of rotatable bonds is 2. The van der Waals surface area contributed by atoms with E-state index in [1.807, 2.05) is 36.4 Å². The van der Waals surface area contributed by atoms with Gasteiger partial charge in [-0.3, -0.25) is 0 Å². The molecule has 22 heavy (non-hydrogen) atoms. The average molecular weight is 331 g/mol. The molecular weight excluding hydrogens is 319 g/mol. The van der Waals surface area contributed by atoms with Crippen molar-refractivity contribution < 1.29 is 9.53 Å². The van der Waals surface area contributed by atoms with Gasteiger partial charge in [-0.15, -0.1) is 0 Å². The van der Waals surface area contributed by atoms with E-state index in [1.54, 1.807) is 18.2 Å². The minimum absolute atomic E-state index is 0.367. The lowest BCUT2D eigenvalue weighted by Crippen LogP contribution is -2.00. The smallest absolute Gasteiger partial charge is 0.337 e. The summed E-state index contributed by atoms with van der Waals surface area (Å²) >= 11 is 12.4. The van der Waals surface area contributed by atoms with Gasteiger partial charge in [0.25, 0.3) is 0 Å². The van der Waals surface area contributed by atoms with E-state index in [4.69, 9.17) is 27.9 Å². The topological polar surface area (TPSA) is 26.3 Å². The standard InChI is InChI=1S/C18H12Cl2O2/c1-22-18(21)12-6-5-11-3-2-4-14(15(11)9-12)16-10-13(19)7-8-17(16)20/h2-10H,1H3. The molecule has 4 heteroatoms. The Morgan fingerprint density at radius 1 is 0.955 bits per heavy atom. The van der Waals surface area contributed by atoms with Gasteiger partial charge < -0.3 is 4.74 Å². The summed E-state index contributed by atoms with van der Waals surface area (Å²) in [6.45, 7) is 0. The maximum absolute atomic E-state index is 11.8. The molecule has 0 amide bonds. The number of benzene rings is 3. The van der Waals surface area contributed by atoms with Crippen molar-refractivity contribution in [2.45, 2.75) is 0 Å². The summed E-state index contributed by atoms with van der Waals surface area (Å²) in [5, 5.41) is 3.16. The Balaban J connectivity index is 2.29. The molecule has 0 spiro atoms. The molecule has 3 aromatic rings. The summed E-state index contributed by atoms with van der Waals surface area (Å²) in [7, 11) is 1.37. The fourth-order valence-electron chi connectivity index (χ4n) is 2.46. The molecule has 110 valence electrons. The van der Waals surface area contributed by atoms with Crippen LogP contribution in [0.5, 0.6) is 0 Å². The molecule has 0 radical (unpaired) electrons. The van der Waals surface area contributed by atoms with Gasteiger partial charge in [-0.05, 0) is 46.7 Å². The number of carbonyl (C=O) groups excluding carboxylic acids is 1. The van der Waals surface area contributed by atoms with Crippen molar-refractivity contribution in [3.63, 3.8) is 0 Å². The highest BCUT2D eigenvalue weighted by Crippen LogP contribution is 2.35. The van der Waals surface area contributed by atoms with Gasteiger partial charge in [-0.2, -0.15) is 0 Å². The van der Waals surface area contributed by atoms with Gasteiger partial charge in [0.1, 0.15) is 0 Å². The van der Waals surface area contributed by atoms with Crippen molar-refractivity contribution in [1.82, 2.24) is 0 Å². The largest absolute Gasteiger partial charge is 0.465 e.